The summed E-state index contributed by atoms with van der Waals surface area (Å²) < 4.78 is 12.5. The van der Waals surface area contributed by atoms with Crippen LogP contribution in [-0.2, 0) is 10.8 Å². The fourth-order valence-electron chi connectivity index (χ4n) is 1.82. The van der Waals surface area contributed by atoms with Crippen LogP contribution >= 0.6 is 23.2 Å². The number of H-pyrrole nitrogens is 2. The fourth-order valence-corrected chi connectivity index (χ4v) is 3.50. The van der Waals surface area contributed by atoms with Crippen LogP contribution in [0, 0.1) is 6.92 Å². The highest BCUT2D eigenvalue weighted by Gasteiger charge is 2.10. The van der Waals surface area contributed by atoms with E-state index < -0.39 is 10.8 Å². The Hall–Kier alpha value is -1.50. The zero-order chi connectivity index (χ0) is 16.4. The van der Waals surface area contributed by atoms with Crippen LogP contribution in [0.5, 0.6) is 0 Å². The molecule has 2 aromatic rings. The molecule has 0 bridgehead atoms. The lowest BCUT2D eigenvalue weighted by Gasteiger charge is -2.04. The van der Waals surface area contributed by atoms with E-state index in [4.69, 9.17) is 23.2 Å². The summed E-state index contributed by atoms with van der Waals surface area (Å²) in [7, 11) is 2.08. The second-order valence-electron chi connectivity index (χ2n) is 4.95. The molecule has 1 unspecified atom stereocenters. The van der Waals surface area contributed by atoms with Crippen LogP contribution in [0.3, 0.4) is 0 Å². The molecule has 0 amide bonds. The first-order valence-corrected chi connectivity index (χ1v) is 8.29. The molecule has 8 heteroatoms. The summed E-state index contributed by atoms with van der Waals surface area (Å²) in [4.78, 5) is 13.9. The van der Waals surface area contributed by atoms with Crippen molar-refractivity contribution in [3.63, 3.8) is 0 Å². The number of halogens is 2. The minimum atomic E-state index is -1.52. The van der Waals surface area contributed by atoms with Crippen LogP contribution in [0.4, 0.5) is 0 Å². The topological polar surface area (TPSA) is 69.0 Å². The molecule has 2 rings (SSSR count). The van der Waals surface area contributed by atoms with Crippen LogP contribution in [0.2, 0.25) is 10.0 Å². The standard InChI is InChI=1S/C14H15Cl2N3O2S/c1-8-4-13(11(16)5-10(8)15)22(21)7-12-9(6-19(2)3)14(20)18-17-12/h4-7,17H,1-3H3,(H,18,20)/b9-6?,12-7-. The van der Waals surface area contributed by atoms with Gasteiger partial charge in [-0.3, -0.25) is 15.0 Å². The molecule has 118 valence electrons. The summed E-state index contributed by atoms with van der Waals surface area (Å²) in [6.07, 6.45) is 1.65. The van der Waals surface area contributed by atoms with Crippen molar-refractivity contribution in [3.05, 3.63) is 48.7 Å². The third-order valence-electron chi connectivity index (χ3n) is 2.89. The zero-order valence-electron chi connectivity index (χ0n) is 12.2. The number of aryl methyl sites for hydroxylation is 1. The maximum Gasteiger partial charge on any atom is 0.273 e. The number of hydrogen-bond acceptors (Lipinski definition) is 3. The van der Waals surface area contributed by atoms with Gasteiger partial charge in [0.05, 0.1) is 31.3 Å². The van der Waals surface area contributed by atoms with E-state index in [1.165, 1.54) is 5.41 Å². The summed E-state index contributed by atoms with van der Waals surface area (Å²) in [6.45, 7) is 1.81. The van der Waals surface area contributed by atoms with E-state index in [1.54, 1.807) is 37.3 Å². The molecule has 0 aliphatic heterocycles. The number of aromatic nitrogens is 2. The SMILES string of the molecule is Cc1cc(S(=O)/C=c2\[nH][nH]c(=O)c2=CN(C)C)c(Cl)cc1Cl. The quantitative estimate of drug-likeness (QED) is 0.863. The monoisotopic (exact) mass is 359 g/mol. The summed E-state index contributed by atoms with van der Waals surface area (Å²) in [5.74, 6) is 0. The van der Waals surface area contributed by atoms with E-state index in [0.29, 0.717) is 25.5 Å². The van der Waals surface area contributed by atoms with Crippen LogP contribution in [0.15, 0.2) is 21.8 Å². The van der Waals surface area contributed by atoms with Gasteiger partial charge in [0.1, 0.15) is 0 Å². The number of hydrogen-bond donors (Lipinski definition) is 2. The Labute approximate surface area is 139 Å². The first-order chi connectivity index (χ1) is 10.3. The highest BCUT2D eigenvalue weighted by Crippen LogP contribution is 2.27. The Morgan fingerprint density at radius 2 is 1.86 bits per heavy atom. The van der Waals surface area contributed by atoms with E-state index in [0.717, 1.165) is 5.56 Å². The lowest BCUT2D eigenvalue weighted by molar-refractivity contribution is 0.613. The number of rotatable bonds is 3. The normalized spacial score (nSPS) is 14.4. The summed E-state index contributed by atoms with van der Waals surface area (Å²) in [5, 5.41) is 8.32. The van der Waals surface area contributed by atoms with Gasteiger partial charge in [-0.05, 0) is 24.6 Å². The van der Waals surface area contributed by atoms with Crippen molar-refractivity contribution in [1.82, 2.24) is 15.1 Å². The first kappa shape index (κ1) is 16.9. The molecule has 0 radical (unpaired) electrons. The molecule has 1 aromatic carbocycles. The van der Waals surface area contributed by atoms with Crippen LogP contribution in [0.1, 0.15) is 5.56 Å². The summed E-state index contributed by atoms with van der Waals surface area (Å²) in [5.41, 5.74) is 0.501. The Morgan fingerprint density at radius 3 is 2.50 bits per heavy atom. The molecular weight excluding hydrogens is 345 g/mol. The molecule has 1 heterocycles. The molecule has 0 fully saturated rings. The van der Waals surface area contributed by atoms with Crippen LogP contribution in [-0.4, -0.2) is 33.4 Å². The number of benzene rings is 1. The zero-order valence-corrected chi connectivity index (χ0v) is 14.6. The maximum absolute atomic E-state index is 12.5. The minimum absolute atomic E-state index is 0.282. The van der Waals surface area contributed by atoms with Gasteiger partial charge in [0, 0.05) is 30.7 Å². The van der Waals surface area contributed by atoms with E-state index in [2.05, 4.69) is 10.2 Å². The smallest absolute Gasteiger partial charge is 0.273 e. The van der Waals surface area contributed by atoms with Gasteiger partial charge < -0.3 is 4.90 Å². The Morgan fingerprint density at radius 1 is 1.18 bits per heavy atom. The van der Waals surface area contributed by atoms with E-state index in [-0.39, 0.29) is 5.56 Å². The predicted molar refractivity (Wildman–Crippen MR) is 90.9 cm³/mol. The van der Waals surface area contributed by atoms with Gasteiger partial charge in [0.25, 0.3) is 5.56 Å². The van der Waals surface area contributed by atoms with Gasteiger partial charge in [-0.25, -0.2) is 4.21 Å². The molecule has 22 heavy (non-hydrogen) atoms. The highest BCUT2D eigenvalue weighted by molar-refractivity contribution is 7.92. The fraction of sp³-hybridized carbons (Fsp3) is 0.214. The Balaban J connectivity index is 2.58. The maximum atomic E-state index is 12.5. The van der Waals surface area contributed by atoms with Crippen molar-refractivity contribution in [2.75, 3.05) is 14.1 Å². The summed E-state index contributed by atoms with van der Waals surface area (Å²) in [6, 6.07) is 3.24. The molecule has 0 aliphatic carbocycles. The van der Waals surface area contributed by atoms with Gasteiger partial charge in [0.2, 0.25) is 0 Å². The molecule has 1 atom stereocenters. The molecule has 5 nitrogen and oxygen atoms in total. The van der Waals surface area contributed by atoms with Gasteiger partial charge in [-0.15, -0.1) is 0 Å². The first-order valence-electron chi connectivity index (χ1n) is 6.32. The van der Waals surface area contributed by atoms with E-state index in [9.17, 15) is 9.00 Å². The average molecular weight is 360 g/mol. The molecule has 0 spiro atoms. The highest BCUT2D eigenvalue weighted by atomic mass is 35.5. The van der Waals surface area contributed by atoms with Crippen molar-refractivity contribution in [2.45, 2.75) is 11.8 Å². The number of aromatic amines is 2. The van der Waals surface area contributed by atoms with Crippen molar-refractivity contribution >= 4 is 45.6 Å². The average Bonchev–Trinajstić information content (AvgIpc) is 2.75. The van der Waals surface area contributed by atoms with Crippen molar-refractivity contribution in [2.24, 2.45) is 0 Å². The van der Waals surface area contributed by atoms with Gasteiger partial charge in [0.15, 0.2) is 0 Å². The molecule has 0 saturated carbocycles. The molecule has 0 saturated heterocycles. The molecule has 2 N–H and O–H groups in total. The third-order valence-corrected chi connectivity index (χ3v) is 4.94. The molecular formula is C14H15Cl2N3O2S. The largest absolute Gasteiger partial charge is 0.383 e. The van der Waals surface area contributed by atoms with Gasteiger partial charge >= 0.3 is 0 Å². The van der Waals surface area contributed by atoms with Gasteiger partial charge in [-0.2, -0.15) is 0 Å². The Kier molecular flexibility index (Phi) is 5.16. The number of nitrogens with one attached hydrogen (secondary N) is 2. The summed E-state index contributed by atoms with van der Waals surface area (Å²) >= 11 is 12.1. The van der Waals surface area contributed by atoms with Crippen molar-refractivity contribution in [3.8, 4) is 0 Å². The van der Waals surface area contributed by atoms with Crippen molar-refractivity contribution in [1.29, 1.82) is 0 Å². The van der Waals surface area contributed by atoms with Crippen molar-refractivity contribution < 1.29 is 4.21 Å². The van der Waals surface area contributed by atoms with Crippen LogP contribution in [0.25, 0.3) is 11.6 Å². The second-order valence-corrected chi connectivity index (χ2v) is 7.03. The minimum Gasteiger partial charge on any atom is -0.383 e. The third kappa shape index (κ3) is 3.63. The van der Waals surface area contributed by atoms with E-state index in [1.807, 2.05) is 6.92 Å². The van der Waals surface area contributed by atoms with Gasteiger partial charge in [-0.1, -0.05) is 23.2 Å². The lowest BCUT2D eigenvalue weighted by atomic mass is 10.2. The predicted octanol–water partition coefficient (Wildman–Crippen LogP) is 1.16. The Bertz CT molecular complexity index is 900. The number of nitrogens with zero attached hydrogens (tertiary/aromatic N) is 1. The molecule has 1 aromatic heterocycles. The van der Waals surface area contributed by atoms with Crippen LogP contribution < -0.4 is 16.1 Å². The lowest BCUT2D eigenvalue weighted by Crippen LogP contribution is -2.35. The second kappa shape index (κ2) is 6.73. The molecule has 0 aliphatic rings. The van der Waals surface area contributed by atoms with E-state index >= 15 is 0 Å².